The van der Waals surface area contributed by atoms with Crippen LogP contribution in [0.3, 0.4) is 0 Å². The third kappa shape index (κ3) is 3.21. The van der Waals surface area contributed by atoms with Crippen LogP contribution in [0.1, 0.15) is 16.1 Å². The minimum atomic E-state index is -0.457. The normalized spacial score (nSPS) is 10.8. The van der Waals surface area contributed by atoms with E-state index in [2.05, 4.69) is 10.4 Å². The van der Waals surface area contributed by atoms with E-state index in [4.69, 9.17) is 0 Å². The highest BCUT2D eigenvalue weighted by molar-refractivity contribution is 6.12. The summed E-state index contributed by atoms with van der Waals surface area (Å²) < 4.78 is 1.56. The number of hydrogen-bond donors (Lipinski definition) is 1. The molecule has 0 aliphatic rings. The van der Waals surface area contributed by atoms with Gasteiger partial charge in [-0.2, -0.15) is 5.10 Å². The fourth-order valence-corrected chi connectivity index (χ4v) is 3.11. The zero-order valence-electron chi connectivity index (χ0n) is 15.0. The number of rotatable bonds is 4. The van der Waals surface area contributed by atoms with Gasteiger partial charge in [0.05, 0.1) is 16.3 Å². The number of nitrogens with zero attached hydrogens (tertiary/aromatic N) is 3. The molecule has 0 atom stereocenters. The number of nitro groups is 1. The number of non-ortho nitro benzene ring substituents is 1. The summed E-state index contributed by atoms with van der Waals surface area (Å²) in [6, 6.07) is 21.0. The summed E-state index contributed by atoms with van der Waals surface area (Å²) in [5.74, 6) is 0.240. The van der Waals surface area contributed by atoms with E-state index in [1.54, 1.807) is 28.9 Å². The molecule has 0 aliphatic carbocycles. The summed E-state index contributed by atoms with van der Waals surface area (Å²) in [5, 5.41) is 20.0. The first-order valence-electron chi connectivity index (χ1n) is 8.63. The highest BCUT2D eigenvalue weighted by Gasteiger charge is 2.15. The Labute approximate surface area is 160 Å². The Hall–Kier alpha value is -4.00. The highest BCUT2D eigenvalue weighted by Crippen LogP contribution is 2.23. The van der Waals surface area contributed by atoms with Crippen LogP contribution in [0.2, 0.25) is 0 Å². The average Bonchev–Trinajstić information content (AvgIpc) is 3.07. The van der Waals surface area contributed by atoms with Crippen molar-refractivity contribution < 1.29 is 9.72 Å². The largest absolute Gasteiger partial charge is 0.306 e. The Morgan fingerprint density at radius 1 is 1.04 bits per heavy atom. The molecule has 1 amide bonds. The van der Waals surface area contributed by atoms with Crippen LogP contribution >= 0.6 is 0 Å². The van der Waals surface area contributed by atoms with Gasteiger partial charge in [-0.05, 0) is 35.9 Å². The fraction of sp³-hybridized carbons (Fsp3) is 0.0476. The van der Waals surface area contributed by atoms with Crippen molar-refractivity contribution >= 4 is 28.2 Å². The lowest BCUT2D eigenvalue weighted by Gasteiger charge is -2.10. The molecular formula is C21H16N4O3. The molecule has 4 aromatic rings. The molecule has 3 aromatic carbocycles. The highest BCUT2D eigenvalue weighted by atomic mass is 16.6. The molecule has 0 spiro atoms. The van der Waals surface area contributed by atoms with Crippen molar-refractivity contribution in [1.82, 2.24) is 9.78 Å². The van der Waals surface area contributed by atoms with Crippen LogP contribution < -0.4 is 5.32 Å². The molecule has 0 aliphatic heterocycles. The molecule has 4 rings (SSSR count). The zero-order valence-corrected chi connectivity index (χ0v) is 15.0. The van der Waals surface area contributed by atoms with E-state index in [0.717, 1.165) is 10.8 Å². The van der Waals surface area contributed by atoms with E-state index >= 15 is 0 Å². The molecule has 0 saturated heterocycles. The number of amides is 1. The summed E-state index contributed by atoms with van der Waals surface area (Å²) in [7, 11) is 0. The summed E-state index contributed by atoms with van der Waals surface area (Å²) in [4.78, 5) is 23.3. The third-order valence-corrected chi connectivity index (χ3v) is 4.41. The van der Waals surface area contributed by atoms with E-state index in [-0.39, 0.29) is 11.6 Å². The maximum atomic E-state index is 12.9. The van der Waals surface area contributed by atoms with Gasteiger partial charge in [-0.3, -0.25) is 14.9 Å². The number of carbonyl (C=O) groups excluding carboxylic acids is 1. The number of aryl methyl sites for hydroxylation is 1. The van der Waals surface area contributed by atoms with Gasteiger partial charge in [-0.15, -0.1) is 0 Å². The van der Waals surface area contributed by atoms with E-state index in [1.165, 1.54) is 12.1 Å². The standard InChI is InChI=1S/C21H16N4O3/c1-14-13-20(24(23-14)16-9-11-17(12-10-16)25(27)28)22-21(26)19-8-4-6-15-5-2-3-7-18(15)19/h2-13H,1H3,(H,22,26). The fourth-order valence-electron chi connectivity index (χ4n) is 3.11. The molecule has 138 valence electrons. The lowest BCUT2D eigenvalue weighted by Crippen LogP contribution is -2.15. The SMILES string of the molecule is Cc1cc(NC(=O)c2cccc3ccccc23)n(-c2ccc([N+](=O)[O-])cc2)n1. The summed E-state index contributed by atoms with van der Waals surface area (Å²) in [5.41, 5.74) is 1.89. The number of nitro benzene ring substituents is 1. The van der Waals surface area contributed by atoms with E-state index < -0.39 is 4.92 Å². The minimum Gasteiger partial charge on any atom is -0.306 e. The molecular weight excluding hydrogens is 356 g/mol. The third-order valence-electron chi connectivity index (χ3n) is 4.41. The quantitative estimate of drug-likeness (QED) is 0.422. The molecule has 7 heteroatoms. The van der Waals surface area contributed by atoms with Gasteiger partial charge >= 0.3 is 0 Å². The van der Waals surface area contributed by atoms with Crippen LogP contribution in [0.25, 0.3) is 16.5 Å². The number of hydrogen-bond acceptors (Lipinski definition) is 4. The van der Waals surface area contributed by atoms with E-state index in [0.29, 0.717) is 22.8 Å². The van der Waals surface area contributed by atoms with Gasteiger partial charge in [0.2, 0.25) is 0 Å². The molecule has 1 N–H and O–H groups in total. The van der Waals surface area contributed by atoms with Crippen LogP contribution in [-0.4, -0.2) is 20.6 Å². The molecule has 0 unspecified atom stereocenters. The predicted molar refractivity (Wildman–Crippen MR) is 107 cm³/mol. The number of carbonyl (C=O) groups is 1. The van der Waals surface area contributed by atoms with Gasteiger partial charge in [0.25, 0.3) is 11.6 Å². The number of anilines is 1. The summed E-state index contributed by atoms with van der Waals surface area (Å²) >= 11 is 0. The first-order valence-corrected chi connectivity index (χ1v) is 8.63. The molecule has 0 fully saturated rings. The van der Waals surface area contributed by atoms with Crippen molar-refractivity contribution in [2.24, 2.45) is 0 Å². The molecule has 0 bridgehead atoms. The molecule has 1 heterocycles. The maximum absolute atomic E-state index is 12.9. The van der Waals surface area contributed by atoms with Gasteiger partial charge in [0.1, 0.15) is 5.82 Å². The van der Waals surface area contributed by atoms with E-state index in [1.807, 2.05) is 43.3 Å². The average molecular weight is 372 g/mol. The predicted octanol–water partition coefficient (Wildman–Crippen LogP) is 4.49. The maximum Gasteiger partial charge on any atom is 0.269 e. The van der Waals surface area contributed by atoms with Crippen LogP contribution in [0.4, 0.5) is 11.5 Å². The Morgan fingerprint density at radius 3 is 2.50 bits per heavy atom. The Bertz CT molecular complexity index is 1190. The minimum absolute atomic E-state index is 0.00558. The Morgan fingerprint density at radius 2 is 1.75 bits per heavy atom. The van der Waals surface area contributed by atoms with Crippen molar-refractivity contribution in [2.75, 3.05) is 5.32 Å². The van der Waals surface area contributed by atoms with Crippen molar-refractivity contribution in [1.29, 1.82) is 0 Å². The zero-order chi connectivity index (χ0) is 19.7. The van der Waals surface area contributed by atoms with Gasteiger partial charge in [-0.25, -0.2) is 4.68 Å². The Balaban J connectivity index is 1.69. The van der Waals surface area contributed by atoms with Crippen LogP contribution in [-0.2, 0) is 0 Å². The molecule has 0 saturated carbocycles. The van der Waals surface area contributed by atoms with Gasteiger partial charge in [0, 0.05) is 23.8 Å². The monoisotopic (exact) mass is 372 g/mol. The summed E-state index contributed by atoms with van der Waals surface area (Å²) in [6.07, 6.45) is 0. The van der Waals surface area contributed by atoms with Crippen LogP contribution in [0.5, 0.6) is 0 Å². The second kappa shape index (κ2) is 6.96. The van der Waals surface area contributed by atoms with Crippen molar-refractivity contribution in [3.05, 3.63) is 94.2 Å². The first-order chi connectivity index (χ1) is 13.5. The van der Waals surface area contributed by atoms with Crippen molar-refractivity contribution in [2.45, 2.75) is 6.92 Å². The first kappa shape index (κ1) is 17.4. The molecule has 28 heavy (non-hydrogen) atoms. The second-order valence-corrected chi connectivity index (χ2v) is 6.34. The van der Waals surface area contributed by atoms with Gasteiger partial charge < -0.3 is 5.32 Å². The van der Waals surface area contributed by atoms with Crippen molar-refractivity contribution in [3.63, 3.8) is 0 Å². The number of benzene rings is 3. The topological polar surface area (TPSA) is 90.1 Å². The number of nitrogens with one attached hydrogen (secondary N) is 1. The Kier molecular flexibility index (Phi) is 4.33. The lowest BCUT2D eigenvalue weighted by molar-refractivity contribution is -0.384. The van der Waals surface area contributed by atoms with Gasteiger partial charge in [-0.1, -0.05) is 36.4 Å². The molecule has 1 aromatic heterocycles. The second-order valence-electron chi connectivity index (χ2n) is 6.34. The summed E-state index contributed by atoms with van der Waals surface area (Å²) in [6.45, 7) is 1.81. The van der Waals surface area contributed by atoms with Crippen LogP contribution in [0.15, 0.2) is 72.8 Å². The number of fused-ring (bicyclic) bond motifs is 1. The van der Waals surface area contributed by atoms with E-state index in [9.17, 15) is 14.9 Å². The number of aromatic nitrogens is 2. The molecule has 7 nitrogen and oxygen atoms in total. The van der Waals surface area contributed by atoms with Crippen LogP contribution in [0, 0.1) is 17.0 Å². The smallest absolute Gasteiger partial charge is 0.269 e. The lowest BCUT2D eigenvalue weighted by atomic mass is 10.0. The van der Waals surface area contributed by atoms with Gasteiger partial charge in [0.15, 0.2) is 0 Å². The van der Waals surface area contributed by atoms with Crippen molar-refractivity contribution in [3.8, 4) is 5.69 Å². The molecule has 0 radical (unpaired) electrons.